The Morgan fingerprint density at radius 2 is 1.75 bits per heavy atom. The van der Waals surface area contributed by atoms with E-state index in [-0.39, 0.29) is 18.4 Å². The highest BCUT2D eigenvalue weighted by Gasteiger charge is 2.20. The largest absolute Gasteiger partial charge is 0.480 e. The number of carbonyl (C=O) groups is 2. The van der Waals surface area contributed by atoms with E-state index in [4.69, 9.17) is 0 Å². The lowest BCUT2D eigenvalue weighted by atomic mass is 10.1. The molecule has 0 aliphatic carbocycles. The van der Waals surface area contributed by atoms with E-state index in [2.05, 4.69) is 21.2 Å². The molecule has 24 heavy (non-hydrogen) atoms. The maximum atomic E-state index is 13.1. The van der Waals surface area contributed by atoms with Gasteiger partial charge in [0, 0.05) is 17.0 Å². The highest BCUT2D eigenvalue weighted by atomic mass is 79.9. The van der Waals surface area contributed by atoms with Crippen LogP contribution in [-0.4, -0.2) is 23.0 Å². The van der Waals surface area contributed by atoms with Gasteiger partial charge in [-0.1, -0.05) is 28.1 Å². The number of rotatable bonds is 6. The van der Waals surface area contributed by atoms with Gasteiger partial charge < -0.3 is 10.4 Å². The molecule has 0 saturated heterocycles. The third kappa shape index (κ3) is 5.42. The van der Waals surface area contributed by atoms with Crippen molar-refractivity contribution in [2.45, 2.75) is 18.9 Å². The van der Waals surface area contributed by atoms with Crippen LogP contribution in [0, 0.1) is 11.6 Å². The van der Waals surface area contributed by atoms with Gasteiger partial charge in [-0.25, -0.2) is 13.6 Å². The first-order valence-corrected chi connectivity index (χ1v) is 7.84. The van der Waals surface area contributed by atoms with Crippen molar-refractivity contribution in [2.75, 3.05) is 0 Å². The van der Waals surface area contributed by atoms with E-state index in [1.54, 1.807) is 24.3 Å². The van der Waals surface area contributed by atoms with Crippen molar-refractivity contribution in [1.29, 1.82) is 0 Å². The first-order chi connectivity index (χ1) is 11.3. The maximum Gasteiger partial charge on any atom is 0.326 e. The second-order valence-electron chi connectivity index (χ2n) is 5.25. The quantitative estimate of drug-likeness (QED) is 0.786. The van der Waals surface area contributed by atoms with Crippen molar-refractivity contribution in [3.8, 4) is 0 Å². The molecule has 0 bridgehead atoms. The Kier molecular flexibility index (Phi) is 6.03. The molecule has 2 aromatic rings. The zero-order valence-corrected chi connectivity index (χ0v) is 14.0. The molecule has 0 radical (unpaired) electrons. The average Bonchev–Trinajstić information content (AvgIpc) is 2.45. The number of carbonyl (C=O) groups excluding carboxylic acids is 1. The Labute approximate surface area is 145 Å². The molecule has 0 saturated carbocycles. The Bertz CT molecular complexity index is 747. The summed E-state index contributed by atoms with van der Waals surface area (Å²) in [6.07, 6.45) is -0.213. The summed E-state index contributed by atoms with van der Waals surface area (Å²) in [5.41, 5.74) is 0.866. The monoisotopic (exact) mass is 397 g/mol. The average molecular weight is 398 g/mol. The van der Waals surface area contributed by atoms with Gasteiger partial charge in [0.05, 0.1) is 6.42 Å². The molecule has 1 amide bonds. The molecule has 0 fully saturated rings. The molecule has 0 unspecified atom stereocenters. The van der Waals surface area contributed by atoms with Gasteiger partial charge in [0.25, 0.3) is 0 Å². The van der Waals surface area contributed by atoms with E-state index < -0.39 is 29.6 Å². The molecule has 2 aromatic carbocycles. The molecular formula is C17H14BrF2NO3. The van der Waals surface area contributed by atoms with Crippen molar-refractivity contribution in [3.63, 3.8) is 0 Å². The molecule has 0 aliphatic rings. The van der Waals surface area contributed by atoms with Gasteiger partial charge in [0.2, 0.25) is 5.91 Å². The van der Waals surface area contributed by atoms with E-state index in [0.717, 1.165) is 22.2 Å². The van der Waals surface area contributed by atoms with E-state index >= 15 is 0 Å². The molecule has 1 atom stereocenters. The van der Waals surface area contributed by atoms with Gasteiger partial charge in [-0.05, 0) is 35.4 Å². The summed E-state index contributed by atoms with van der Waals surface area (Å²) in [6, 6.07) is 8.70. The van der Waals surface area contributed by atoms with Gasteiger partial charge in [-0.3, -0.25) is 4.79 Å². The third-order valence-electron chi connectivity index (χ3n) is 3.25. The number of carboxylic acid groups (broad SMARTS) is 1. The lowest BCUT2D eigenvalue weighted by Crippen LogP contribution is -2.43. The number of hydrogen-bond acceptors (Lipinski definition) is 2. The highest BCUT2D eigenvalue weighted by Crippen LogP contribution is 2.14. The van der Waals surface area contributed by atoms with Crippen molar-refractivity contribution in [2.24, 2.45) is 0 Å². The van der Waals surface area contributed by atoms with Crippen LogP contribution in [0.5, 0.6) is 0 Å². The lowest BCUT2D eigenvalue weighted by Gasteiger charge is -2.15. The molecule has 0 spiro atoms. The van der Waals surface area contributed by atoms with Crippen molar-refractivity contribution in [1.82, 2.24) is 5.32 Å². The Morgan fingerprint density at radius 3 is 2.33 bits per heavy atom. The smallest absolute Gasteiger partial charge is 0.326 e. The van der Waals surface area contributed by atoms with Crippen LogP contribution in [0.2, 0.25) is 0 Å². The topological polar surface area (TPSA) is 66.4 Å². The standard InChI is InChI=1S/C17H14BrF2NO3/c18-12-3-1-2-10(4-12)7-15(17(23)24)21-16(22)8-11-5-13(19)9-14(20)6-11/h1-6,9,15H,7-8H2,(H,21,22)(H,23,24)/t15-/m1/s1. The van der Waals surface area contributed by atoms with Gasteiger partial charge in [-0.2, -0.15) is 0 Å². The lowest BCUT2D eigenvalue weighted by molar-refractivity contribution is -0.141. The summed E-state index contributed by atoms with van der Waals surface area (Å²) < 4.78 is 27.0. The maximum absolute atomic E-state index is 13.1. The predicted molar refractivity (Wildman–Crippen MR) is 87.5 cm³/mol. The number of carboxylic acids is 1. The molecule has 2 rings (SSSR count). The van der Waals surface area contributed by atoms with Gasteiger partial charge in [-0.15, -0.1) is 0 Å². The van der Waals surface area contributed by atoms with Crippen LogP contribution in [0.4, 0.5) is 8.78 Å². The minimum Gasteiger partial charge on any atom is -0.480 e. The summed E-state index contributed by atoms with van der Waals surface area (Å²) in [5.74, 6) is -3.39. The summed E-state index contributed by atoms with van der Waals surface area (Å²) in [6.45, 7) is 0. The zero-order valence-electron chi connectivity index (χ0n) is 12.4. The van der Waals surface area contributed by atoms with Gasteiger partial charge in [0.15, 0.2) is 0 Å². The summed E-state index contributed by atoms with van der Waals surface area (Å²) in [7, 11) is 0. The molecule has 0 aliphatic heterocycles. The fraction of sp³-hybridized carbons (Fsp3) is 0.176. The van der Waals surface area contributed by atoms with Crippen LogP contribution in [0.25, 0.3) is 0 Å². The number of halogens is 3. The predicted octanol–water partition coefficient (Wildman–Crippen LogP) is 3.08. The first kappa shape index (κ1) is 18.1. The van der Waals surface area contributed by atoms with Crippen molar-refractivity contribution < 1.29 is 23.5 Å². The third-order valence-corrected chi connectivity index (χ3v) is 3.74. The molecule has 7 heteroatoms. The van der Waals surface area contributed by atoms with E-state index in [0.29, 0.717) is 6.07 Å². The fourth-order valence-electron chi connectivity index (χ4n) is 2.24. The van der Waals surface area contributed by atoms with Crippen LogP contribution in [0.1, 0.15) is 11.1 Å². The number of nitrogens with one attached hydrogen (secondary N) is 1. The summed E-state index contributed by atoms with van der Waals surface area (Å²) in [4.78, 5) is 23.3. The summed E-state index contributed by atoms with van der Waals surface area (Å²) in [5, 5.41) is 11.6. The molecule has 0 aromatic heterocycles. The molecule has 4 nitrogen and oxygen atoms in total. The van der Waals surface area contributed by atoms with E-state index in [1.807, 2.05) is 0 Å². The first-order valence-electron chi connectivity index (χ1n) is 7.05. The second kappa shape index (κ2) is 8.01. The number of benzene rings is 2. The SMILES string of the molecule is O=C(Cc1cc(F)cc(F)c1)N[C@H](Cc1cccc(Br)c1)C(=O)O. The fourth-order valence-corrected chi connectivity index (χ4v) is 2.69. The number of hydrogen-bond donors (Lipinski definition) is 2. The Balaban J connectivity index is 2.04. The van der Waals surface area contributed by atoms with Crippen LogP contribution >= 0.6 is 15.9 Å². The Hall–Kier alpha value is -2.28. The second-order valence-corrected chi connectivity index (χ2v) is 6.16. The molecular weight excluding hydrogens is 384 g/mol. The minimum atomic E-state index is -1.19. The number of amides is 1. The van der Waals surface area contributed by atoms with Crippen molar-refractivity contribution in [3.05, 3.63) is 69.7 Å². The van der Waals surface area contributed by atoms with E-state index in [1.165, 1.54) is 0 Å². The van der Waals surface area contributed by atoms with Crippen LogP contribution < -0.4 is 5.32 Å². The molecule has 126 valence electrons. The molecule has 2 N–H and O–H groups in total. The van der Waals surface area contributed by atoms with Gasteiger partial charge >= 0.3 is 5.97 Å². The van der Waals surface area contributed by atoms with Crippen LogP contribution in [0.15, 0.2) is 46.9 Å². The normalized spacial score (nSPS) is 11.8. The highest BCUT2D eigenvalue weighted by molar-refractivity contribution is 9.10. The van der Waals surface area contributed by atoms with E-state index in [9.17, 15) is 23.5 Å². The molecule has 0 heterocycles. The van der Waals surface area contributed by atoms with Gasteiger partial charge in [0.1, 0.15) is 17.7 Å². The van der Waals surface area contributed by atoms with Crippen LogP contribution in [-0.2, 0) is 22.4 Å². The van der Waals surface area contributed by atoms with Crippen molar-refractivity contribution >= 4 is 27.8 Å². The summed E-state index contributed by atoms with van der Waals surface area (Å²) >= 11 is 3.29. The Morgan fingerprint density at radius 1 is 1.08 bits per heavy atom. The number of aliphatic carboxylic acids is 1. The zero-order chi connectivity index (χ0) is 17.7. The minimum absolute atomic E-state index is 0.0953. The van der Waals surface area contributed by atoms with Crippen LogP contribution in [0.3, 0.4) is 0 Å².